The summed E-state index contributed by atoms with van der Waals surface area (Å²) in [6.07, 6.45) is 5.07. The molecule has 0 saturated heterocycles. The number of aliphatic carboxylic acids is 1. The Balaban J connectivity index is 1.27. The highest BCUT2D eigenvalue weighted by molar-refractivity contribution is 5.71. The summed E-state index contributed by atoms with van der Waals surface area (Å²) in [6.45, 7) is 2.44. The average Bonchev–Trinajstić information content (AvgIpc) is 3.53. The highest BCUT2D eigenvalue weighted by Crippen LogP contribution is 2.48. The first-order chi connectivity index (χ1) is 17.4. The first-order valence-corrected chi connectivity index (χ1v) is 12.1. The molecule has 11 heteroatoms. The number of fused-ring (bicyclic) bond motifs is 1. The molecule has 0 bridgehead atoms. The molecule has 1 N–H and O–H groups in total. The number of nitrogens with zero attached hydrogens (tertiary/aromatic N) is 6. The Morgan fingerprint density at radius 1 is 1.17 bits per heavy atom. The highest BCUT2D eigenvalue weighted by atomic mass is 16.5. The molecule has 0 spiro atoms. The van der Waals surface area contributed by atoms with Crippen LogP contribution in [0, 0.1) is 24.7 Å². The van der Waals surface area contributed by atoms with Gasteiger partial charge in [-0.2, -0.15) is 4.98 Å². The molecule has 0 aromatic carbocycles. The maximum Gasteiger partial charge on any atom is 0.317 e. The molecule has 4 atom stereocenters. The number of rotatable bonds is 9. The van der Waals surface area contributed by atoms with Crippen molar-refractivity contribution in [3.63, 3.8) is 0 Å². The molecule has 0 radical (unpaired) electrons. The minimum Gasteiger partial charge on any atom is -0.489 e. The minimum absolute atomic E-state index is 0.0165. The predicted molar refractivity (Wildman–Crippen MR) is 127 cm³/mol. The Morgan fingerprint density at radius 3 is 2.81 bits per heavy atom. The van der Waals surface area contributed by atoms with Gasteiger partial charge in [0.25, 0.3) is 0 Å². The van der Waals surface area contributed by atoms with Gasteiger partial charge < -0.3 is 19.3 Å². The van der Waals surface area contributed by atoms with Crippen LogP contribution < -0.4 is 9.47 Å². The summed E-state index contributed by atoms with van der Waals surface area (Å²) in [7, 11) is 3.40. The largest absolute Gasteiger partial charge is 0.489 e. The number of carbonyl (C=O) groups is 1. The second-order valence-electron chi connectivity index (χ2n) is 9.50. The van der Waals surface area contributed by atoms with E-state index in [1.165, 1.54) is 0 Å². The van der Waals surface area contributed by atoms with Gasteiger partial charge in [-0.1, -0.05) is 5.21 Å². The lowest BCUT2D eigenvalue weighted by molar-refractivity contribution is -0.143. The molecular formula is C25H30N6O5. The fourth-order valence-electron chi connectivity index (χ4n) is 5.47. The Morgan fingerprint density at radius 2 is 2.03 bits per heavy atom. The maximum atomic E-state index is 11.5. The van der Waals surface area contributed by atoms with Crippen molar-refractivity contribution in [2.24, 2.45) is 24.8 Å². The third-order valence-electron chi connectivity index (χ3n) is 7.23. The van der Waals surface area contributed by atoms with Crippen molar-refractivity contribution in [2.45, 2.75) is 51.9 Å². The van der Waals surface area contributed by atoms with Crippen molar-refractivity contribution >= 4 is 5.97 Å². The molecule has 5 rings (SSSR count). The summed E-state index contributed by atoms with van der Waals surface area (Å²) in [6, 6.07) is 5.78. The number of ether oxygens (including phenoxy) is 3. The summed E-state index contributed by atoms with van der Waals surface area (Å²) in [5.74, 6) is 0.436. The van der Waals surface area contributed by atoms with Crippen LogP contribution >= 0.6 is 0 Å². The van der Waals surface area contributed by atoms with E-state index < -0.39 is 5.97 Å². The van der Waals surface area contributed by atoms with E-state index in [2.05, 4.69) is 20.3 Å². The van der Waals surface area contributed by atoms with Crippen LogP contribution in [-0.4, -0.2) is 54.2 Å². The molecule has 36 heavy (non-hydrogen) atoms. The highest BCUT2D eigenvalue weighted by Gasteiger charge is 2.47. The molecule has 3 aromatic heterocycles. The van der Waals surface area contributed by atoms with Gasteiger partial charge in [0, 0.05) is 20.4 Å². The van der Waals surface area contributed by atoms with Crippen molar-refractivity contribution in [1.29, 1.82) is 0 Å². The lowest BCUT2D eigenvalue weighted by Crippen LogP contribution is -2.21. The van der Waals surface area contributed by atoms with Crippen LogP contribution in [0.1, 0.15) is 42.8 Å². The van der Waals surface area contributed by atoms with Gasteiger partial charge in [-0.15, -0.1) is 5.10 Å². The molecule has 3 heterocycles. The molecule has 2 saturated carbocycles. The Bertz CT molecular complexity index is 1250. The predicted octanol–water partition coefficient (Wildman–Crippen LogP) is 2.97. The third-order valence-corrected chi connectivity index (χ3v) is 7.23. The molecule has 2 aliphatic rings. The van der Waals surface area contributed by atoms with E-state index in [9.17, 15) is 9.90 Å². The molecule has 3 aromatic rings. The third kappa shape index (κ3) is 4.88. The second kappa shape index (κ2) is 10.2. The van der Waals surface area contributed by atoms with E-state index in [4.69, 9.17) is 19.2 Å². The standard InChI is InChI=1S/C25H30N6O5/c1-14-22(36-17-10-15-4-5-18(24(32)33)19(15)11-17)7-6-20(27-14)23-21(31(2)30-29-23)13-35-25-26-9-8-16(28-25)12-34-3/h6-9,15,17-19H,4-5,10-13H2,1-3H3,(H,32,33)/t15-,17+,18-,19+/m1/s1. The Labute approximate surface area is 208 Å². The van der Waals surface area contributed by atoms with E-state index in [1.54, 1.807) is 31.1 Å². The number of pyridine rings is 1. The molecule has 0 amide bonds. The molecule has 190 valence electrons. The number of carboxylic acid groups (broad SMARTS) is 1. The van der Waals surface area contributed by atoms with Gasteiger partial charge in [-0.25, -0.2) is 14.6 Å². The van der Waals surface area contributed by atoms with Gasteiger partial charge in [-0.3, -0.25) is 4.79 Å². The van der Waals surface area contributed by atoms with Crippen LogP contribution in [0.2, 0.25) is 0 Å². The van der Waals surface area contributed by atoms with Crippen LogP contribution in [0.15, 0.2) is 24.4 Å². The zero-order chi connectivity index (χ0) is 25.2. The summed E-state index contributed by atoms with van der Waals surface area (Å²) in [5, 5.41) is 17.9. The smallest absolute Gasteiger partial charge is 0.317 e. The monoisotopic (exact) mass is 494 g/mol. The number of hydrogen-bond donors (Lipinski definition) is 1. The number of methoxy groups -OCH3 is 1. The summed E-state index contributed by atoms with van der Waals surface area (Å²) in [4.78, 5) is 24.8. The fourth-order valence-corrected chi connectivity index (χ4v) is 5.47. The molecule has 2 fully saturated rings. The quantitative estimate of drug-likeness (QED) is 0.473. The average molecular weight is 495 g/mol. The van der Waals surface area contributed by atoms with Crippen LogP contribution in [-0.2, 0) is 29.8 Å². The van der Waals surface area contributed by atoms with E-state index in [0.29, 0.717) is 29.7 Å². The van der Waals surface area contributed by atoms with Gasteiger partial charge >= 0.3 is 12.0 Å². The Kier molecular flexibility index (Phi) is 6.82. The summed E-state index contributed by atoms with van der Waals surface area (Å²) < 4.78 is 18.9. The SMILES string of the molecule is COCc1ccnc(OCc2c(-c3ccc(O[C@H]4C[C@H]5CC[C@@H](C(=O)O)[C@H]5C4)c(C)n3)nnn2C)n1. The summed E-state index contributed by atoms with van der Waals surface area (Å²) in [5.41, 5.74) is 3.48. The number of aryl methyl sites for hydroxylation is 2. The van der Waals surface area contributed by atoms with Crippen molar-refractivity contribution < 1.29 is 24.1 Å². The maximum absolute atomic E-state index is 11.5. The number of aromatic nitrogens is 6. The van der Waals surface area contributed by atoms with Crippen molar-refractivity contribution in [1.82, 2.24) is 29.9 Å². The van der Waals surface area contributed by atoms with Crippen LogP contribution in [0.5, 0.6) is 11.8 Å². The lowest BCUT2D eigenvalue weighted by Gasteiger charge is -2.18. The van der Waals surface area contributed by atoms with Gasteiger partial charge in [-0.05, 0) is 62.6 Å². The molecule has 0 aliphatic heterocycles. The zero-order valence-electron chi connectivity index (χ0n) is 20.6. The number of hydrogen-bond acceptors (Lipinski definition) is 9. The normalized spacial score (nSPS) is 23.0. The Hall–Kier alpha value is -3.60. The van der Waals surface area contributed by atoms with Crippen LogP contribution in [0.4, 0.5) is 0 Å². The van der Waals surface area contributed by atoms with Crippen molar-refractivity contribution in [2.75, 3.05) is 7.11 Å². The molecular weight excluding hydrogens is 464 g/mol. The minimum atomic E-state index is -0.677. The van der Waals surface area contributed by atoms with Crippen LogP contribution in [0.25, 0.3) is 11.4 Å². The van der Waals surface area contributed by atoms with Crippen molar-refractivity contribution in [3.05, 3.63) is 41.5 Å². The van der Waals surface area contributed by atoms with E-state index in [0.717, 1.165) is 42.8 Å². The lowest BCUT2D eigenvalue weighted by atomic mass is 9.92. The van der Waals surface area contributed by atoms with Crippen molar-refractivity contribution in [3.8, 4) is 23.1 Å². The van der Waals surface area contributed by atoms with Gasteiger partial charge in [0.1, 0.15) is 23.7 Å². The first-order valence-electron chi connectivity index (χ1n) is 12.1. The van der Waals surface area contributed by atoms with Gasteiger partial charge in [0.2, 0.25) is 0 Å². The van der Waals surface area contributed by atoms with E-state index in [1.807, 2.05) is 19.1 Å². The molecule has 2 aliphatic carbocycles. The van der Waals surface area contributed by atoms with E-state index in [-0.39, 0.29) is 30.6 Å². The zero-order valence-corrected chi connectivity index (χ0v) is 20.6. The van der Waals surface area contributed by atoms with Crippen LogP contribution in [0.3, 0.4) is 0 Å². The van der Waals surface area contributed by atoms with Gasteiger partial charge in [0.15, 0.2) is 0 Å². The van der Waals surface area contributed by atoms with Gasteiger partial charge in [0.05, 0.1) is 35.7 Å². The second-order valence-corrected chi connectivity index (χ2v) is 9.50. The topological polar surface area (TPSA) is 134 Å². The molecule has 11 nitrogen and oxygen atoms in total. The molecule has 0 unspecified atom stereocenters. The number of carboxylic acids is 1. The van der Waals surface area contributed by atoms with E-state index >= 15 is 0 Å². The fraction of sp³-hybridized carbons (Fsp3) is 0.520. The first kappa shape index (κ1) is 24.1. The summed E-state index contributed by atoms with van der Waals surface area (Å²) >= 11 is 0.